The molecule has 0 bridgehead atoms. The molecule has 0 fully saturated rings. The third kappa shape index (κ3) is 3.39. The predicted molar refractivity (Wildman–Crippen MR) is 57.1 cm³/mol. The van der Waals surface area contributed by atoms with E-state index in [-0.39, 0.29) is 6.61 Å². The fraction of sp³-hybridized carbons (Fsp3) is 0.444. The average Bonchev–Trinajstić information content (AvgIpc) is 2.16. The Morgan fingerprint density at radius 1 is 1.60 bits per heavy atom. The number of aliphatic hydroxyl groups excluding tert-OH is 1. The smallest absolute Gasteiger partial charge is 0.255 e. The molecule has 1 aromatic heterocycles. The van der Waals surface area contributed by atoms with Gasteiger partial charge in [0.25, 0.3) is 6.43 Å². The van der Waals surface area contributed by atoms with E-state index < -0.39 is 13.0 Å². The lowest BCUT2D eigenvalue weighted by Crippen LogP contribution is -2.26. The van der Waals surface area contributed by atoms with Gasteiger partial charge in [-0.05, 0) is 22.0 Å². The molecule has 6 heteroatoms. The second-order valence-corrected chi connectivity index (χ2v) is 3.98. The largest absolute Gasteiger partial charge is 0.392 e. The Morgan fingerprint density at radius 3 is 2.80 bits per heavy atom. The monoisotopic (exact) mass is 280 g/mol. The maximum absolute atomic E-state index is 12.1. The van der Waals surface area contributed by atoms with Gasteiger partial charge in [-0.15, -0.1) is 0 Å². The van der Waals surface area contributed by atoms with Crippen molar-refractivity contribution in [2.75, 3.05) is 18.5 Å². The molecule has 0 radical (unpaired) electrons. The second-order valence-electron chi connectivity index (χ2n) is 3.07. The summed E-state index contributed by atoms with van der Waals surface area (Å²) in [5, 5.41) is 9.05. The lowest BCUT2D eigenvalue weighted by atomic mass is 10.2. The minimum atomic E-state index is -2.42. The van der Waals surface area contributed by atoms with Crippen molar-refractivity contribution in [2.24, 2.45) is 0 Å². The normalized spacial score (nSPS) is 10.8. The Morgan fingerprint density at radius 2 is 2.27 bits per heavy atom. The standard InChI is InChI=1S/C9H11BrF2N2O/c1-14(4-8(11)12)9-6(5-15)2-7(10)3-13-9/h2-3,8,15H,4-5H2,1H3. The van der Waals surface area contributed by atoms with Crippen LogP contribution in [0.4, 0.5) is 14.6 Å². The fourth-order valence-electron chi connectivity index (χ4n) is 1.23. The SMILES string of the molecule is CN(CC(F)F)c1ncc(Br)cc1CO. The Kier molecular flexibility index (Phi) is 4.41. The summed E-state index contributed by atoms with van der Waals surface area (Å²) in [6.45, 7) is -0.628. The van der Waals surface area contributed by atoms with Gasteiger partial charge in [0.2, 0.25) is 0 Å². The molecule has 0 aliphatic rings. The molecule has 0 amide bonds. The van der Waals surface area contributed by atoms with E-state index >= 15 is 0 Å². The molecule has 0 atom stereocenters. The first kappa shape index (κ1) is 12.3. The highest BCUT2D eigenvalue weighted by Gasteiger charge is 2.13. The van der Waals surface area contributed by atoms with Crippen LogP contribution in [-0.4, -0.2) is 30.1 Å². The Bertz CT molecular complexity index is 336. The van der Waals surface area contributed by atoms with Gasteiger partial charge in [0.1, 0.15) is 5.82 Å². The third-order valence-corrected chi connectivity index (χ3v) is 2.29. The molecule has 84 valence electrons. The van der Waals surface area contributed by atoms with Crippen molar-refractivity contribution in [2.45, 2.75) is 13.0 Å². The summed E-state index contributed by atoms with van der Waals surface area (Å²) in [4.78, 5) is 5.31. The number of hydrogen-bond acceptors (Lipinski definition) is 3. The zero-order valence-electron chi connectivity index (χ0n) is 8.12. The summed E-state index contributed by atoms with van der Waals surface area (Å²) in [6, 6.07) is 1.66. The van der Waals surface area contributed by atoms with Gasteiger partial charge in [-0.1, -0.05) is 0 Å². The van der Waals surface area contributed by atoms with Crippen LogP contribution in [0.15, 0.2) is 16.7 Å². The van der Waals surface area contributed by atoms with Crippen molar-refractivity contribution in [1.82, 2.24) is 4.98 Å². The molecule has 15 heavy (non-hydrogen) atoms. The van der Waals surface area contributed by atoms with Crippen LogP contribution in [0.5, 0.6) is 0 Å². The van der Waals surface area contributed by atoms with Crippen molar-refractivity contribution in [1.29, 1.82) is 0 Å². The summed E-state index contributed by atoms with van der Waals surface area (Å²) in [5.41, 5.74) is 0.521. The number of aliphatic hydroxyl groups is 1. The number of anilines is 1. The molecule has 0 unspecified atom stereocenters. The number of aromatic nitrogens is 1. The van der Waals surface area contributed by atoms with E-state index in [0.717, 1.165) is 0 Å². The maximum atomic E-state index is 12.1. The zero-order chi connectivity index (χ0) is 11.4. The summed E-state index contributed by atoms with van der Waals surface area (Å²) in [5.74, 6) is 0.376. The van der Waals surface area contributed by atoms with Crippen LogP contribution < -0.4 is 4.90 Å². The van der Waals surface area contributed by atoms with Gasteiger partial charge in [0.05, 0.1) is 13.2 Å². The highest BCUT2D eigenvalue weighted by molar-refractivity contribution is 9.10. The summed E-state index contributed by atoms with van der Waals surface area (Å²) in [7, 11) is 1.52. The number of rotatable bonds is 4. The lowest BCUT2D eigenvalue weighted by Gasteiger charge is -2.20. The van der Waals surface area contributed by atoms with Crippen molar-refractivity contribution in [3.63, 3.8) is 0 Å². The van der Waals surface area contributed by atoms with E-state index in [2.05, 4.69) is 20.9 Å². The predicted octanol–water partition coefficient (Wildman–Crippen LogP) is 2.04. The van der Waals surface area contributed by atoms with Gasteiger partial charge < -0.3 is 10.0 Å². The molecule has 1 aromatic rings. The number of nitrogens with zero attached hydrogens (tertiary/aromatic N) is 2. The number of halogens is 3. The van der Waals surface area contributed by atoms with E-state index in [1.165, 1.54) is 18.1 Å². The van der Waals surface area contributed by atoms with Gasteiger partial charge in [-0.25, -0.2) is 13.8 Å². The molecule has 0 aromatic carbocycles. The van der Waals surface area contributed by atoms with Crippen LogP contribution in [0, 0.1) is 0 Å². The van der Waals surface area contributed by atoms with Gasteiger partial charge in [0, 0.05) is 23.3 Å². The third-order valence-electron chi connectivity index (χ3n) is 1.85. The summed E-state index contributed by atoms with van der Waals surface area (Å²) >= 11 is 3.20. The van der Waals surface area contributed by atoms with E-state index in [1.807, 2.05) is 0 Å². The van der Waals surface area contributed by atoms with Crippen LogP contribution in [0.2, 0.25) is 0 Å². The van der Waals surface area contributed by atoms with Gasteiger partial charge in [-0.2, -0.15) is 0 Å². The molecule has 1 N–H and O–H groups in total. The number of hydrogen-bond donors (Lipinski definition) is 1. The van der Waals surface area contributed by atoms with E-state index in [0.29, 0.717) is 15.9 Å². The van der Waals surface area contributed by atoms with Crippen LogP contribution >= 0.6 is 15.9 Å². The first-order valence-corrected chi connectivity index (χ1v) is 5.08. The van der Waals surface area contributed by atoms with Gasteiger partial charge in [0.15, 0.2) is 0 Å². The minimum absolute atomic E-state index is 0.227. The van der Waals surface area contributed by atoms with Crippen molar-refractivity contribution < 1.29 is 13.9 Å². The van der Waals surface area contributed by atoms with Crippen molar-refractivity contribution in [3.8, 4) is 0 Å². The van der Waals surface area contributed by atoms with Crippen LogP contribution in [0.1, 0.15) is 5.56 Å². The fourth-order valence-corrected chi connectivity index (χ4v) is 1.61. The van der Waals surface area contributed by atoms with E-state index in [1.54, 1.807) is 6.07 Å². The Labute approximate surface area is 94.9 Å². The molecule has 0 aliphatic heterocycles. The summed E-state index contributed by atoms with van der Waals surface area (Å²) in [6.07, 6.45) is -0.914. The lowest BCUT2D eigenvalue weighted by molar-refractivity contribution is 0.156. The number of pyridine rings is 1. The Hall–Kier alpha value is -0.750. The van der Waals surface area contributed by atoms with Crippen LogP contribution in [0.3, 0.4) is 0 Å². The molecule has 3 nitrogen and oxygen atoms in total. The molecular weight excluding hydrogens is 270 g/mol. The van der Waals surface area contributed by atoms with Gasteiger partial charge >= 0.3 is 0 Å². The molecular formula is C9H11BrF2N2O. The highest BCUT2D eigenvalue weighted by Crippen LogP contribution is 2.21. The quantitative estimate of drug-likeness (QED) is 0.917. The maximum Gasteiger partial charge on any atom is 0.255 e. The minimum Gasteiger partial charge on any atom is -0.392 e. The Balaban J connectivity index is 2.92. The average molecular weight is 281 g/mol. The molecule has 0 saturated heterocycles. The second kappa shape index (κ2) is 5.37. The molecule has 1 rings (SSSR count). The van der Waals surface area contributed by atoms with Crippen molar-refractivity contribution in [3.05, 3.63) is 22.3 Å². The highest BCUT2D eigenvalue weighted by atomic mass is 79.9. The molecule has 0 saturated carbocycles. The molecule has 0 aliphatic carbocycles. The van der Waals surface area contributed by atoms with Crippen molar-refractivity contribution >= 4 is 21.7 Å². The zero-order valence-corrected chi connectivity index (χ0v) is 9.71. The van der Waals surface area contributed by atoms with Crippen LogP contribution in [-0.2, 0) is 6.61 Å². The topological polar surface area (TPSA) is 36.4 Å². The van der Waals surface area contributed by atoms with Gasteiger partial charge in [-0.3, -0.25) is 0 Å². The number of alkyl halides is 2. The molecule has 1 heterocycles. The van der Waals surface area contributed by atoms with E-state index in [9.17, 15) is 8.78 Å². The van der Waals surface area contributed by atoms with Crippen LogP contribution in [0.25, 0.3) is 0 Å². The first-order valence-electron chi connectivity index (χ1n) is 4.29. The molecule has 0 spiro atoms. The first-order chi connectivity index (χ1) is 7.04. The summed E-state index contributed by atoms with van der Waals surface area (Å²) < 4.78 is 25.0. The van der Waals surface area contributed by atoms with E-state index in [4.69, 9.17) is 5.11 Å².